The average Bonchev–Trinajstić information content (AvgIpc) is 3.18. The number of benzene rings is 1. The lowest BCUT2D eigenvalue weighted by atomic mass is 10.1. The van der Waals surface area contributed by atoms with Crippen LogP contribution in [0.1, 0.15) is 21.0 Å². The second kappa shape index (κ2) is 7.28. The van der Waals surface area contributed by atoms with Gasteiger partial charge in [0.1, 0.15) is 4.88 Å². The summed E-state index contributed by atoms with van der Waals surface area (Å²) in [6.07, 6.45) is 0.408. The fourth-order valence-corrected chi connectivity index (χ4v) is 4.10. The largest absolute Gasteiger partial charge is 0.337 e. The quantitative estimate of drug-likeness (QED) is 0.781. The Balaban J connectivity index is 1.66. The molecule has 1 aliphatic rings. The van der Waals surface area contributed by atoms with Crippen LogP contribution in [0, 0.1) is 30.3 Å². The molecule has 0 saturated carbocycles. The minimum atomic E-state index is -1.59. The average molecular weight is 403 g/mol. The summed E-state index contributed by atoms with van der Waals surface area (Å²) in [4.78, 5) is 27.7. The van der Waals surface area contributed by atoms with Crippen LogP contribution >= 0.6 is 22.9 Å². The summed E-state index contributed by atoms with van der Waals surface area (Å²) < 4.78 is 39.4. The SMILES string of the molecule is Cc1cc(Cl)c(C(=O)N2CC[C@H](C(=O)Nc3cc(F)c(F)c(F)c3)C2)s1. The molecule has 1 saturated heterocycles. The van der Waals surface area contributed by atoms with E-state index in [0.29, 0.717) is 35.0 Å². The van der Waals surface area contributed by atoms with E-state index in [2.05, 4.69) is 5.32 Å². The molecular formula is C17H14ClF3N2O2S. The number of hydrogen-bond donors (Lipinski definition) is 1. The van der Waals surface area contributed by atoms with Gasteiger partial charge in [-0.3, -0.25) is 9.59 Å². The van der Waals surface area contributed by atoms with Gasteiger partial charge in [0.25, 0.3) is 5.91 Å². The molecule has 2 aromatic rings. The fourth-order valence-electron chi connectivity index (χ4n) is 2.80. The van der Waals surface area contributed by atoms with Gasteiger partial charge in [-0.2, -0.15) is 0 Å². The number of nitrogens with one attached hydrogen (secondary N) is 1. The van der Waals surface area contributed by atoms with Crippen molar-refractivity contribution in [3.05, 3.63) is 50.4 Å². The van der Waals surface area contributed by atoms with Gasteiger partial charge < -0.3 is 10.2 Å². The zero-order chi connectivity index (χ0) is 19.0. The van der Waals surface area contributed by atoms with Crippen LogP contribution in [-0.4, -0.2) is 29.8 Å². The lowest BCUT2D eigenvalue weighted by Crippen LogP contribution is -2.31. The van der Waals surface area contributed by atoms with Crippen molar-refractivity contribution in [3.63, 3.8) is 0 Å². The number of nitrogens with zero attached hydrogens (tertiary/aromatic N) is 1. The third kappa shape index (κ3) is 3.71. The minimum Gasteiger partial charge on any atom is -0.337 e. The molecule has 26 heavy (non-hydrogen) atoms. The van der Waals surface area contributed by atoms with Crippen LogP contribution in [-0.2, 0) is 4.79 Å². The number of likely N-dealkylation sites (tertiary alicyclic amines) is 1. The van der Waals surface area contributed by atoms with E-state index in [1.54, 1.807) is 6.07 Å². The highest BCUT2D eigenvalue weighted by Crippen LogP contribution is 2.30. The molecule has 0 radical (unpaired) electrons. The van der Waals surface area contributed by atoms with E-state index in [4.69, 9.17) is 11.6 Å². The van der Waals surface area contributed by atoms with Crippen molar-refractivity contribution < 1.29 is 22.8 Å². The third-order valence-electron chi connectivity index (χ3n) is 4.10. The maximum atomic E-state index is 13.2. The van der Waals surface area contributed by atoms with Crippen LogP contribution in [0.2, 0.25) is 5.02 Å². The molecule has 1 atom stereocenters. The minimum absolute atomic E-state index is 0.171. The Morgan fingerprint density at radius 1 is 1.23 bits per heavy atom. The first-order valence-electron chi connectivity index (χ1n) is 7.77. The highest BCUT2D eigenvalue weighted by molar-refractivity contribution is 7.14. The van der Waals surface area contributed by atoms with Gasteiger partial charge in [-0.1, -0.05) is 11.6 Å². The van der Waals surface area contributed by atoms with E-state index in [1.807, 2.05) is 6.92 Å². The zero-order valence-corrected chi connectivity index (χ0v) is 15.2. The molecule has 9 heteroatoms. The van der Waals surface area contributed by atoms with Crippen LogP contribution in [0.25, 0.3) is 0 Å². The molecule has 0 aliphatic carbocycles. The first kappa shape index (κ1) is 18.7. The lowest BCUT2D eigenvalue weighted by Gasteiger charge is -2.16. The second-order valence-corrected chi connectivity index (χ2v) is 7.68. The Kier molecular flexibility index (Phi) is 5.24. The molecule has 2 amide bonds. The van der Waals surface area contributed by atoms with Gasteiger partial charge in [0.05, 0.1) is 10.9 Å². The summed E-state index contributed by atoms with van der Waals surface area (Å²) in [5.41, 5.74) is -0.173. The van der Waals surface area contributed by atoms with Crippen LogP contribution in [0.4, 0.5) is 18.9 Å². The molecule has 1 aromatic heterocycles. The fraction of sp³-hybridized carbons (Fsp3) is 0.294. The topological polar surface area (TPSA) is 49.4 Å². The Morgan fingerprint density at radius 2 is 1.88 bits per heavy atom. The Hall–Kier alpha value is -2.06. The molecule has 1 aliphatic heterocycles. The number of anilines is 1. The summed E-state index contributed by atoms with van der Waals surface area (Å²) in [6, 6.07) is 3.13. The Morgan fingerprint density at radius 3 is 2.46 bits per heavy atom. The van der Waals surface area contributed by atoms with Crippen LogP contribution < -0.4 is 5.32 Å². The molecule has 0 bridgehead atoms. The number of halogens is 4. The monoisotopic (exact) mass is 402 g/mol. The maximum absolute atomic E-state index is 13.2. The van der Waals surface area contributed by atoms with E-state index < -0.39 is 29.3 Å². The highest BCUT2D eigenvalue weighted by atomic mass is 35.5. The highest BCUT2D eigenvalue weighted by Gasteiger charge is 2.33. The van der Waals surface area contributed by atoms with Crippen molar-refractivity contribution in [3.8, 4) is 0 Å². The first-order valence-corrected chi connectivity index (χ1v) is 8.96. The van der Waals surface area contributed by atoms with E-state index >= 15 is 0 Å². The van der Waals surface area contributed by atoms with Crippen LogP contribution in [0.15, 0.2) is 18.2 Å². The molecule has 0 spiro atoms. The third-order valence-corrected chi connectivity index (χ3v) is 5.55. The molecule has 0 unspecified atom stereocenters. The standard InChI is InChI=1S/C17H14ClF3N2O2S/c1-8-4-11(18)15(26-8)17(25)23-3-2-9(7-23)16(24)22-10-5-12(19)14(21)13(20)6-10/h4-6,9H,2-3,7H2,1H3,(H,22,24)/t9-/m0/s1. The Labute approximate surface area is 156 Å². The zero-order valence-electron chi connectivity index (χ0n) is 13.6. The van der Waals surface area contributed by atoms with Crippen molar-refractivity contribution in [2.75, 3.05) is 18.4 Å². The predicted octanol–water partition coefficient (Wildman–Crippen LogP) is 4.23. The number of carbonyl (C=O) groups excluding carboxylic acids is 2. The summed E-state index contributed by atoms with van der Waals surface area (Å²) in [5.74, 6) is -5.63. The summed E-state index contributed by atoms with van der Waals surface area (Å²) in [5, 5.41) is 2.74. The van der Waals surface area contributed by atoms with Gasteiger partial charge in [-0.15, -0.1) is 11.3 Å². The maximum Gasteiger partial charge on any atom is 0.265 e. The van der Waals surface area contributed by atoms with Crippen molar-refractivity contribution >= 4 is 40.4 Å². The van der Waals surface area contributed by atoms with E-state index in [-0.39, 0.29) is 18.1 Å². The summed E-state index contributed by atoms with van der Waals surface area (Å²) >= 11 is 7.33. The van der Waals surface area contributed by atoms with E-state index in [0.717, 1.165) is 4.88 Å². The number of amides is 2. The van der Waals surface area contributed by atoms with Gasteiger partial charge >= 0.3 is 0 Å². The molecular weight excluding hydrogens is 389 g/mol. The van der Waals surface area contributed by atoms with Gasteiger partial charge in [-0.05, 0) is 19.4 Å². The molecule has 1 fully saturated rings. The Bertz CT molecular complexity index is 864. The lowest BCUT2D eigenvalue weighted by molar-refractivity contribution is -0.119. The number of carbonyl (C=O) groups is 2. The molecule has 138 valence electrons. The van der Waals surface area contributed by atoms with Gasteiger partial charge in [0, 0.05) is 35.8 Å². The molecule has 3 rings (SSSR count). The predicted molar refractivity (Wildman–Crippen MR) is 93.0 cm³/mol. The number of aryl methyl sites for hydroxylation is 1. The van der Waals surface area contributed by atoms with Crippen LogP contribution in [0.3, 0.4) is 0 Å². The molecule has 4 nitrogen and oxygen atoms in total. The summed E-state index contributed by atoms with van der Waals surface area (Å²) in [7, 11) is 0. The molecule has 1 aromatic carbocycles. The number of rotatable bonds is 3. The smallest absolute Gasteiger partial charge is 0.265 e. The molecule has 1 N–H and O–H groups in total. The van der Waals surface area contributed by atoms with Crippen molar-refractivity contribution in [1.82, 2.24) is 4.90 Å². The van der Waals surface area contributed by atoms with Crippen molar-refractivity contribution in [2.45, 2.75) is 13.3 Å². The van der Waals surface area contributed by atoms with Crippen molar-refractivity contribution in [1.29, 1.82) is 0 Å². The second-order valence-electron chi connectivity index (χ2n) is 6.01. The number of hydrogen-bond acceptors (Lipinski definition) is 3. The molecule has 2 heterocycles. The van der Waals surface area contributed by atoms with Crippen LogP contribution in [0.5, 0.6) is 0 Å². The normalized spacial score (nSPS) is 16.8. The van der Waals surface area contributed by atoms with E-state index in [1.165, 1.54) is 16.2 Å². The number of thiophene rings is 1. The summed E-state index contributed by atoms with van der Waals surface area (Å²) in [6.45, 7) is 2.38. The first-order chi connectivity index (χ1) is 12.3. The van der Waals surface area contributed by atoms with E-state index in [9.17, 15) is 22.8 Å². The van der Waals surface area contributed by atoms with Gasteiger partial charge in [0.15, 0.2) is 17.5 Å². The van der Waals surface area contributed by atoms with Gasteiger partial charge in [0.2, 0.25) is 5.91 Å². The van der Waals surface area contributed by atoms with Gasteiger partial charge in [-0.25, -0.2) is 13.2 Å². The van der Waals surface area contributed by atoms with Crippen molar-refractivity contribution in [2.24, 2.45) is 5.92 Å².